The van der Waals surface area contributed by atoms with Crippen LogP contribution in [0.1, 0.15) is 19.5 Å². The van der Waals surface area contributed by atoms with Gasteiger partial charge in [-0.2, -0.15) is 0 Å². The van der Waals surface area contributed by atoms with E-state index in [-0.39, 0.29) is 17.2 Å². The summed E-state index contributed by atoms with van der Waals surface area (Å²) in [6.45, 7) is 3.34. The molecule has 0 amide bonds. The minimum Gasteiger partial charge on any atom is -0.384 e. The van der Waals surface area contributed by atoms with Gasteiger partial charge in [0.05, 0.1) is 23.4 Å². The molecule has 6 nitrogen and oxygen atoms in total. The van der Waals surface area contributed by atoms with Crippen LogP contribution in [-0.2, 0) is 22.0 Å². The third-order valence-corrected chi connectivity index (χ3v) is 4.89. The van der Waals surface area contributed by atoms with Crippen LogP contribution in [0.5, 0.6) is 0 Å². The Hall–Kier alpha value is -1.44. The number of sulfone groups is 1. The van der Waals surface area contributed by atoms with Crippen molar-refractivity contribution >= 4 is 21.4 Å². The highest BCUT2D eigenvalue weighted by Gasteiger charge is 2.21. The van der Waals surface area contributed by atoms with Gasteiger partial charge in [0, 0.05) is 5.02 Å². The second-order valence-electron chi connectivity index (χ2n) is 5.20. The second-order valence-corrected chi connectivity index (χ2v) is 7.74. The van der Waals surface area contributed by atoms with Crippen molar-refractivity contribution in [2.75, 3.05) is 5.75 Å². The van der Waals surface area contributed by atoms with Gasteiger partial charge in [0.15, 0.2) is 9.84 Å². The summed E-state index contributed by atoms with van der Waals surface area (Å²) >= 11 is 5.74. The van der Waals surface area contributed by atoms with Gasteiger partial charge in [0.1, 0.15) is 11.3 Å². The number of hydrogen-bond donors (Lipinski definition) is 1. The molecule has 21 heavy (non-hydrogen) atoms. The molecule has 0 unspecified atom stereocenters. The Morgan fingerprint density at radius 3 is 2.43 bits per heavy atom. The highest BCUT2D eigenvalue weighted by molar-refractivity contribution is 7.91. The molecule has 0 bridgehead atoms. The van der Waals surface area contributed by atoms with Crippen molar-refractivity contribution in [2.24, 2.45) is 0 Å². The van der Waals surface area contributed by atoms with Crippen LogP contribution in [-0.4, -0.2) is 34.3 Å². The molecule has 1 aromatic heterocycles. The third-order valence-electron chi connectivity index (χ3n) is 2.93. The van der Waals surface area contributed by atoms with E-state index in [2.05, 4.69) is 10.3 Å². The van der Waals surface area contributed by atoms with E-state index in [1.807, 2.05) is 0 Å². The van der Waals surface area contributed by atoms with Gasteiger partial charge in [-0.3, -0.25) is 4.68 Å². The zero-order valence-corrected chi connectivity index (χ0v) is 13.3. The molecule has 0 atom stereocenters. The molecule has 0 fully saturated rings. The number of aryl methyl sites for hydroxylation is 1. The van der Waals surface area contributed by atoms with Gasteiger partial charge in [-0.25, -0.2) is 8.42 Å². The number of hydrogen-bond acceptors (Lipinski definition) is 5. The van der Waals surface area contributed by atoms with Gasteiger partial charge in [-0.1, -0.05) is 16.8 Å². The molecule has 0 radical (unpaired) electrons. The molecule has 0 aliphatic heterocycles. The van der Waals surface area contributed by atoms with Gasteiger partial charge in [-0.05, 0) is 38.1 Å². The van der Waals surface area contributed by atoms with Crippen LogP contribution in [0, 0.1) is 0 Å². The van der Waals surface area contributed by atoms with E-state index in [9.17, 15) is 13.5 Å². The number of benzene rings is 1. The lowest BCUT2D eigenvalue weighted by Crippen LogP contribution is -2.16. The van der Waals surface area contributed by atoms with Crippen molar-refractivity contribution in [3.05, 3.63) is 41.2 Å². The summed E-state index contributed by atoms with van der Waals surface area (Å²) in [6.07, 6.45) is 1.54. The molecule has 1 aromatic carbocycles. The first-order valence-corrected chi connectivity index (χ1v) is 8.33. The first-order chi connectivity index (χ1) is 9.68. The first kappa shape index (κ1) is 15.9. The van der Waals surface area contributed by atoms with E-state index in [4.69, 9.17) is 11.6 Å². The standard InChI is InChI=1S/C13H16ClN3O3S/c1-13(2,18)12-9-17(16-15-12)7-8-21(19,20)11-5-3-10(14)4-6-11/h3-6,9,18H,7-8H2,1-2H3. The van der Waals surface area contributed by atoms with Crippen LogP contribution in [0.4, 0.5) is 0 Å². The first-order valence-electron chi connectivity index (χ1n) is 6.30. The highest BCUT2D eigenvalue weighted by Crippen LogP contribution is 2.17. The molecule has 1 N–H and O–H groups in total. The number of nitrogens with zero attached hydrogens (tertiary/aromatic N) is 3. The summed E-state index contributed by atoms with van der Waals surface area (Å²) in [6, 6.07) is 6.02. The lowest BCUT2D eigenvalue weighted by atomic mass is 10.1. The second kappa shape index (κ2) is 5.75. The minimum absolute atomic E-state index is 0.108. The van der Waals surface area contributed by atoms with Crippen LogP contribution in [0.2, 0.25) is 5.02 Å². The maximum absolute atomic E-state index is 12.2. The van der Waals surface area contributed by atoms with Crippen LogP contribution in [0.15, 0.2) is 35.4 Å². The minimum atomic E-state index is -3.41. The molecule has 114 valence electrons. The van der Waals surface area contributed by atoms with Gasteiger partial charge in [-0.15, -0.1) is 5.10 Å². The Labute approximate surface area is 128 Å². The van der Waals surface area contributed by atoms with Crippen molar-refractivity contribution < 1.29 is 13.5 Å². The van der Waals surface area contributed by atoms with Crippen molar-refractivity contribution in [3.8, 4) is 0 Å². The van der Waals surface area contributed by atoms with Crippen molar-refractivity contribution in [3.63, 3.8) is 0 Å². The number of halogens is 1. The predicted molar refractivity (Wildman–Crippen MR) is 78.8 cm³/mol. The molecule has 8 heteroatoms. The predicted octanol–water partition coefficient (Wildman–Crippen LogP) is 1.63. The summed E-state index contributed by atoms with van der Waals surface area (Å²) in [7, 11) is -3.41. The molecular formula is C13H16ClN3O3S. The Morgan fingerprint density at radius 2 is 1.90 bits per heavy atom. The van der Waals surface area contributed by atoms with E-state index in [1.54, 1.807) is 13.8 Å². The van der Waals surface area contributed by atoms with Gasteiger partial charge >= 0.3 is 0 Å². The SMILES string of the molecule is CC(C)(O)c1cn(CCS(=O)(=O)c2ccc(Cl)cc2)nn1. The monoisotopic (exact) mass is 329 g/mol. The average molecular weight is 330 g/mol. The Balaban J connectivity index is 2.08. The van der Waals surface area contributed by atoms with E-state index in [0.717, 1.165) is 0 Å². The molecule has 0 saturated carbocycles. The quantitative estimate of drug-likeness (QED) is 0.901. The Morgan fingerprint density at radius 1 is 1.29 bits per heavy atom. The van der Waals surface area contributed by atoms with Crippen LogP contribution < -0.4 is 0 Å². The fraction of sp³-hybridized carbons (Fsp3) is 0.385. The molecule has 0 saturated heterocycles. The largest absolute Gasteiger partial charge is 0.384 e. The van der Waals surface area contributed by atoms with Crippen LogP contribution in [0.25, 0.3) is 0 Å². The molecule has 0 aliphatic rings. The lowest BCUT2D eigenvalue weighted by molar-refractivity contribution is 0.0737. The van der Waals surface area contributed by atoms with Crippen LogP contribution >= 0.6 is 11.6 Å². The lowest BCUT2D eigenvalue weighted by Gasteiger charge is -2.11. The number of rotatable bonds is 5. The number of aliphatic hydroxyl groups is 1. The zero-order valence-electron chi connectivity index (χ0n) is 11.7. The van der Waals surface area contributed by atoms with E-state index in [0.29, 0.717) is 10.7 Å². The van der Waals surface area contributed by atoms with Gasteiger partial charge < -0.3 is 5.11 Å². The smallest absolute Gasteiger partial charge is 0.180 e. The van der Waals surface area contributed by atoms with Crippen molar-refractivity contribution in [1.82, 2.24) is 15.0 Å². The summed E-state index contributed by atoms with van der Waals surface area (Å²) in [5.41, 5.74) is -0.709. The summed E-state index contributed by atoms with van der Waals surface area (Å²) in [4.78, 5) is 0.217. The van der Waals surface area contributed by atoms with E-state index < -0.39 is 15.4 Å². The van der Waals surface area contributed by atoms with Gasteiger partial charge in [0.25, 0.3) is 0 Å². The van der Waals surface area contributed by atoms with E-state index in [1.165, 1.54) is 35.1 Å². The van der Waals surface area contributed by atoms with Crippen LogP contribution in [0.3, 0.4) is 0 Å². The van der Waals surface area contributed by atoms with E-state index >= 15 is 0 Å². The number of aromatic nitrogens is 3. The summed E-state index contributed by atoms with van der Waals surface area (Å²) in [5.74, 6) is -0.108. The molecule has 0 spiro atoms. The Bertz CT molecular complexity index is 718. The zero-order chi connectivity index (χ0) is 15.7. The maximum Gasteiger partial charge on any atom is 0.180 e. The Kier molecular flexibility index (Phi) is 4.36. The fourth-order valence-corrected chi connectivity index (χ4v) is 3.00. The molecule has 2 rings (SSSR count). The average Bonchev–Trinajstić information content (AvgIpc) is 2.86. The highest BCUT2D eigenvalue weighted by atomic mass is 35.5. The fourth-order valence-electron chi connectivity index (χ4n) is 1.66. The molecule has 0 aliphatic carbocycles. The topological polar surface area (TPSA) is 85.1 Å². The molecule has 1 heterocycles. The summed E-state index contributed by atoms with van der Waals surface area (Å²) < 4.78 is 25.7. The van der Waals surface area contributed by atoms with Gasteiger partial charge in [0.2, 0.25) is 0 Å². The third kappa shape index (κ3) is 4.03. The molecule has 2 aromatic rings. The maximum atomic E-state index is 12.2. The van der Waals surface area contributed by atoms with Crippen molar-refractivity contribution in [2.45, 2.75) is 30.9 Å². The normalized spacial score (nSPS) is 12.6. The van der Waals surface area contributed by atoms with Crippen molar-refractivity contribution in [1.29, 1.82) is 0 Å². The molecular weight excluding hydrogens is 314 g/mol. The summed E-state index contributed by atoms with van der Waals surface area (Å²) in [5, 5.41) is 17.9.